The lowest BCUT2D eigenvalue weighted by Crippen LogP contribution is -2.32. The second kappa shape index (κ2) is 6.58. The van der Waals surface area contributed by atoms with Gasteiger partial charge in [-0.2, -0.15) is 0 Å². The van der Waals surface area contributed by atoms with Gasteiger partial charge in [-0.25, -0.2) is 4.57 Å². The summed E-state index contributed by atoms with van der Waals surface area (Å²) in [4.78, 5) is 0. The number of fused-ring (bicyclic) bond motifs is 3. The Morgan fingerprint density at radius 2 is 1.64 bits per heavy atom. The van der Waals surface area contributed by atoms with Crippen molar-refractivity contribution in [2.24, 2.45) is 12.5 Å². The third-order valence-corrected chi connectivity index (χ3v) is 6.11. The van der Waals surface area contributed by atoms with E-state index in [1.54, 1.807) is 0 Å². The monoisotopic (exact) mass is 370 g/mol. The van der Waals surface area contributed by atoms with Gasteiger partial charge in [0.1, 0.15) is 7.05 Å². The molecule has 0 bridgehead atoms. The highest BCUT2D eigenvalue weighted by atomic mass is 14.9. The van der Waals surface area contributed by atoms with E-state index in [4.69, 9.17) is 0 Å². The molecule has 0 atom stereocenters. The van der Waals surface area contributed by atoms with Crippen LogP contribution < -0.4 is 4.57 Å². The highest BCUT2D eigenvalue weighted by Crippen LogP contribution is 2.45. The minimum Gasteiger partial charge on any atom is -0.201 e. The Balaban J connectivity index is 1.95. The molecule has 4 rings (SSSR count). The summed E-state index contributed by atoms with van der Waals surface area (Å²) >= 11 is 0. The summed E-state index contributed by atoms with van der Waals surface area (Å²) < 4.78 is 2.30. The molecular formula is C27H32N+. The van der Waals surface area contributed by atoms with Gasteiger partial charge in [0.15, 0.2) is 6.20 Å². The van der Waals surface area contributed by atoms with Gasteiger partial charge in [-0.3, -0.25) is 0 Å². The maximum absolute atomic E-state index is 2.36. The quantitative estimate of drug-likeness (QED) is 0.366. The van der Waals surface area contributed by atoms with Crippen LogP contribution in [0.5, 0.6) is 0 Å². The first kappa shape index (κ1) is 18.9. The van der Waals surface area contributed by atoms with Crippen LogP contribution in [0.4, 0.5) is 0 Å². The van der Waals surface area contributed by atoms with E-state index in [0.29, 0.717) is 0 Å². The number of pyridine rings is 1. The number of aryl methyl sites for hydroxylation is 4. The van der Waals surface area contributed by atoms with Gasteiger partial charge in [-0.15, -0.1) is 0 Å². The highest BCUT2D eigenvalue weighted by Gasteiger charge is 2.29. The fraction of sp³-hybridized carbons (Fsp3) is 0.370. The molecule has 2 aromatic carbocycles. The molecule has 0 fully saturated rings. The Hall–Kier alpha value is -2.41. The first-order chi connectivity index (χ1) is 13.2. The zero-order valence-electron chi connectivity index (χ0n) is 18.4. The number of hydrogen-bond donors (Lipinski definition) is 0. The summed E-state index contributed by atoms with van der Waals surface area (Å²) in [5, 5.41) is 0. The molecule has 1 heteroatoms. The van der Waals surface area contributed by atoms with Gasteiger partial charge in [0.25, 0.3) is 0 Å². The van der Waals surface area contributed by atoms with Crippen molar-refractivity contribution in [2.45, 2.75) is 54.4 Å². The van der Waals surface area contributed by atoms with Crippen molar-refractivity contribution < 1.29 is 4.57 Å². The van der Waals surface area contributed by atoms with Crippen molar-refractivity contribution in [3.8, 4) is 22.4 Å². The first-order valence-corrected chi connectivity index (χ1v) is 10.4. The minimum atomic E-state index is 0.284. The average molecular weight is 371 g/mol. The third-order valence-electron chi connectivity index (χ3n) is 6.11. The van der Waals surface area contributed by atoms with E-state index in [1.807, 2.05) is 0 Å². The van der Waals surface area contributed by atoms with Gasteiger partial charge in [-0.1, -0.05) is 51.1 Å². The van der Waals surface area contributed by atoms with Crippen molar-refractivity contribution in [3.63, 3.8) is 0 Å². The molecule has 0 saturated heterocycles. The topological polar surface area (TPSA) is 3.88 Å². The lowest BCUT2D eigenvalue weighted by molar-refractivity contribution is -0.660. The van der Waals surface area contributed by atoms with E-state index >= 15 is 0 Å². The van der Waals surface area contributed by atoms with Crippen LogP contribution in [-0.2, 0) is 19.9 Å². The lowest BCUT2D eigenvalue weighted by atomic mass is 9.84. The summed E-state index contributed by atoms with van der Waals surface area (Å²) in [6.45, 7) is 13.7. The molecule has 1 nitrogen and oxygen atoms in total. The molecule has 3 aromatic rings. The summed E-state index contributed by atoms with van der Waals surface area (Å²) in [5.74, 6) is 0. The van der Waals surface area contributed by atoms with Crippen LogP contribution in [0.25, 0.3) is 22.4 Å². The fourth-order valence-corrected chi connectivity index (χ4v) is 4.73. The average Bonchev–Trinajstić information content (AvgIpc) is 2.97. The maximum Gasteiger partial charge on any atom is 0.213 e. The predicted molar refractivity (Wildman–Crippen MR) is 119 cm³/mol. The molecule has 0 unspecified atom stereocenters. The number of rotatable bonds is 2. The van der Waals surface area contributed by atoms with Crippen molar-refractivity contribution in [3.05, 3.63) is 76.0 Å². The normalized spacial score (nSPS) is 12.8. The second-order valence-electron chi connectivity index (χ2n) is 9.78. The maximum atomic E-state index is 2.36. The SMILES string of the molecule is Cc1cc(-c2c(C)ccc3c2Cc2cccc(CC(C)(C)C)c2-3)[n+](C)cc1C. The van der Waals surface area contributed by atoms with Gasteiger partial charge >= 0.3 is 0 Å². The van der Waals surface area contributed by atoms with Crippen LogP contribution in [0.3, 0.4) is 0 Å². The number of hydrogen-bond acceptors (Lipinski definition) is 0. The smallest absolute Gasteiger partial charge is 0.201 e. The van der Waals surface area contributed by atoms with Crippen molar-refractivity contribution in [2.75, 3.05) is 0 Å². The molecule has 1 aromatic heterocycles. The van der Waals surface area contributed by atoms with Crippen LogP contribution in [0.15, 0.2) is 42.6 Å². The molecule has 1 aliphatic rings. The Labute approximate surface area is 170 Å². The van der Waals surface area contributed by atoms with Crippen molar-refractivity contribution in [1.29, 1.82) is 0 Å². The molecule has 0 amide bonds. The van der Waals surface area contributed by atoms with Crippen LogP contribution >= 0.6 is 0 Å². The Morgan fingerprint density at radius 3 is 2.36 bits per heavy atom. The van der Waals surface area contributed by atoms with E-state index in [1.165, 1.54) is 55.8 Å². The van der Waals surface area contributed by atoms with Crippen molar-refractivity contribution in [1.82, 2.24) is 0 Å². The summed E-state index contributed by atoms with van der Waals surface area (Å²) in [6.07, 6.45) is 4.40. The van der Waals surface area contributed by atoms with E-state index in [9.17, 15) is 0 Å². The molecule has 0 N–H and O–H groups in total. The molecule has 28 heavy (non-hydrogen) atoms. The molecule has 0 saturated carbocycles. The molecule has 1 aliphatic carbocycles. The predicted octanol–water partition coefficient (Wildman–Crippen LogP) is 6.26. The second-order valence-corrected chi connectivity index (χ2v) is 9.78. The Morgan fingerprint density at radius 1 is 0.893 bits per heavy atom. The summed E-state index contributed by atoms with van der Waals surface area (Å²) in [5.41, 5.74) is 14.5. The van der Waals surface area contributed by atoms with E-state index in [2.05, 4.69) is 95.8 Å². The highest BCUT2D eigenvalue weighted by molar-refractivity contribution is 5.86. The van der Waals surface area contributed by atoms with Gasteiger partial charge in [0.2, 0.25) is 5.69 Å². The van der Waals surface area contributed by atoms with Gasteiger partial charge < -0.3 is 0 Å². The number of nitrogens with zero attached hydrogens (tertiary/aromatic N) is 1. The van der Waals surface area contributed by atoms with E-state index in [0.717, 1.165) is 12.8 Å². The summed E-state index contributed by atoms with van der Waals surface area (Å²) in [6, 6.07) is 13.9. The Bertz CT molecular complexity index is 1080. The van der Waals surface area contributed by atoms with Crippen molar-refractivity contribution >= 4 is 0 Å². The fourth-order valence-electron chi connectivity index (χ4n) is 4.73. The molecule has 144 valence electrons. The molecule has 1 heterocycles. The van der Waals surface area contributed by atoms with Crippen LogP contribution in [-0.4, -0.2) is 0 Å². The number of aromatic nitrogens is 1. The number of benzene rings is 2. The van der Waals surface area contributed by atoms with Crippen LogP contribution in [0.2, 0.25) is 0 Å². The first-order valence-electron chi connectivity index (χ1n) is 10.4. The standard InChI is InChI=1S/C27H32N/c1-17-11-12-22-23(25(17)24-13-18(2)19(3)16-28(24)7)14-20-9-8-10-21(26(20)22)15-27(4,5)6/h8-13,16H,14-15H2,1-7H3/q+1. The van der Waals surface area contributed by atoms with E-state index < -0.39 is 0 Å². The minimum absolute atomic E-state index is 0.284. The molecule has 0 aliphatic heterocycles. The summed E-state index contributed by atoms with van der Waals surface area (Å²) in [7, 11) is 2.17. The van der Waals surface area contributed by atoms with Gasteiger partial charge in [-0.05, 0) is 78.0 Å². The van der Waals surface area contributed by atoms with E-state index in [-0.39, 0.29) is 5.41 Å². The largest absolute Gasteiger partial charge is 0.213 e. The Kier molecular flexibility index (Phi) is 4.45. The van der Waals surface area contributed by atoms with Gasteiger partial charge in [0.05, 0.1) is 5.56 Å². The zero-order valence-corrected chi connectivity index (χ0v) is 18.4. The van der Waals surface area contributed by atoms with Crippen LogP contribution in [0, 0.1) is 26.2 Å². The molecular weight excluding hydrogens is 338 g/mol. The molecule has 0 radical (unpaired) electrons. The molecule has 0 spiro atoms. The third kappa shape index (κ3) is 3.17. The zero-order chi connectivity index (χ0) is 20.2. The lowest BCUT2D eigenvalue weighted by Gasteiger charge is -2.21. The van der Waals surface area contributed by atoms with Crippen LogP contribution in [0.1, 0.15) is 54.2 Å². The van der Waals surface area contributed by atoms with Gasteiger partial charge in [0, 0.05) is 11.6 Å².